The molecule has 2 aromatic carbocycles. The Morgan fingerprint density at radius 2 is 1.97 bits per heavy atom. The van der Waals surface area contributed by atoms with Gasteiger partial charge in [0.1, 0.15) is 5.82 Å². The van der Waals surface area contributed by atoms with Gasteiger partial charge in [-0.1, -0.05) is 18.2 Å². The molecule has 0 saturated carbocycles. The molecule has 5 aromatic rings. The summed E-state index contributed by atoms with van der Waals surface area (Å²) in [5, 5.41) is 19.0. The van der Waals surface area contributed by atoms with Gasteiger partial charge in [0.15, 0.2) is 11.6 Å². The highest BCUT2D eigenvalue weighted by molar-refractivity contribution is 6.22. The van der Waals surface area contributed by atoms with Crippen molar-refractivity contribution in [3.05, 3.63) is 96.1 Å². The minimum Gasteiger partial charge on any atom is -0.340 e. The van der Waals surface area contributed by atoms with Crippen LogP contribution >= 0.6 is 0 Å². The van der Waals surface area contributed by atoms with Crippen molar-refractivity contribution in [2.45, 2.75) is 12.8 Å². The van der Waals surface area contributed by atoms with Crippen molar-refractivity contribution in [2.75, 3.05) is 5.32 Å². The largest absolute Gasteiger partial charge is 0.340 e. The molecule has 6 rings (SSSR count). The number of aromatic amines is 1. The third kappa shape index (κ3) is 3.81. The Morgan fingerprint density at radius 1 is 1.00 bits per heavy atom. The molecule has 0 spiro atoms. The van der Waals surface area contributed by atoms with Crippen molar-refractivity contribution in [1.29, 1.82) is 0 Å². The summed E-state index contributed by atoms with van der Waals surface area (Å²) in [6.45, 7) is 0. The standard InChI is InChI=1S/C26H19N7O/c34-24(11-16-7-10-28-29-14-16)22-5-1-17-12-18(2-4-21(17)22)26-27-9-8-25(32-26)31-20-3-6-23-19(13-20)15-30-33-23/h2-10,12-15H,1,11H2,(H,30,33)(H,27,31,32). The summed E-state index contributed by atoms with van der Waals surface area (Å²) in [5.74, 6) is 1.41. The van der Waals surface area contributed by atoms with Gasteiger partial charge in [0.25, 0.3) is 0 Å². The van der Waals surface area contributed by atoms with Gasteiger partial charge in [-0.2, -0.15) is 15.3 Å². The number of carbonyl (C=O) groups excluding carboxylic acids is 1. The van der Waals surface area contributed by atoms with E-state index in [0.717, 1.165) is 44.4 Å². The molecular formula is C26H19N7O. The average molecular weight is 445 g/mol. The zero-order valence-corrected chi connectivity index (χ0v) is 18.1. The van der Waals surface area contributed by atoms with Crippen LogP contribution in [0.25, 0.3) is 27.9 Å². The van der Waals surface area contributed by atoms with Gasteiger partial charge >= 0.3 is 0 Å². The molecule has 0 radical (unpaired) electrons. The molecule has 0 bridgehead atoms. The zero-order valence-electron chi connectivity index (χ0n) is 18.1. The smallest absolute Gasteiger partial charge is 0.167 e. The highest BCUT2D eigenvalue weighted by Crippen LogP contribution is 2.32. The van der Waals surface area contributed by atoms with Gasteiger partial charge in [-0.05, 0) is 59.5 Å². The number of Topliss-reactive ketones (excluding diaryl/α,β-unsaturated/α-hetero) is 1. The van der Waals surface area contributed by atoms with Crippen LogP contribution in [0.2, 0.25) is 0 Å². The molecule has 1 aliphatic rings. The second kappa shape index (κ2) is 8.32. The van der Waals surface area contributed by atoms with Crippen LogP contribution in [0.15, 0.2) is 79.4 Å². The van der Waals surface area contributed by atoms with Gasteiger partial charge in [-0.3, -0.25) is 9.89 Å². The molecule has 3 aromatic heterocycles. The first kappa shape index (κ1) is 19.9. The topological polar surface area (TPSA) is 109 Å². The number of carbonyl (C=O) groups is 1. The van der Waals surface area contributed by atoms with Crippen molar-refractivity contribution in [2.24, 2.45) is 0 Å². The number of nitrogens with zero attached hydrogens (tertiary/aromatic N) is 5. The van der Waals surface area contributed by atoms with Crippen molar-refractivity contribution in [3.8, 4) is 11.4 Å². The summed E-state index contributed by atoms with van der Waals surface area (Å²) < 4.78 is 0. The maximum absolute atomic E-state index is 12.9. The highest BCUT2D eigenvalue weighted by atomic mass is 16.1. The van der Waals surface area contributed by atoms with Gasteiger partial charge in [-0.15, -0.1) is 0 Å². The fraction of sp³-hybridized carbons (Fsp3) is 0.0769. The zero-order chi connectivity index (χ0) is 22.9. The van der Waals surface area contributed by atoms with E-state index >= 15 is 0 Å². The van der Waals surface area contributed by atoms with Crippen LogP contribution in [0.5, 0.6) is 0 Å². The van der Waals surface area contributed by atoms with Gasteiger partial charge in [0.05, 0.1) is 17.9 Å². The Labute approximate surface area is 194 Å². The summed E-state index contributed by atoms with van der Waals surface area (Å²) in [5.41, 5.74) is 6.49. The lowest BCUT2D eigenvalue weighted by Gasteiger charge is -2.09. The lowest BCUT2D eigenvalue weighted by molar-refractivity contribution is -0.113. The molecule has 34 heavy (non-hydrogen) atoms. The number of allylic oxidation sites excluding steroid dienone is 2. The van der Waals surface area contributed by atoms with Crippen LogP contribution in [0.4, 0.5) is 11.5 Å². The van der Waals surface area contributed by atoms with Crippen molar-refractivity contribution >= 4 is 33.8 Å². The number of benzene rings is 2. The number of nitrogens with one attached hydrogen (secondary N) is 2. The lowest BCUT2D eigenvalue weighted by atomic mass is 9.97. The molecule has 0 fully saturated rings. The first-order valence-corrected chi connectivity index (χ1v) is 10.9. The number of fused-ring (bicyclic) bond motifs is 2. The molecule has 164 valence electrons. The van der Waals surface area contributed by atoms with E-state index in [1.807, 2.05) is 48.5 Å². The second-order valence-electron chi connectivity index (χ2n) is 8.11. The van der Waals surface area contributed by atoms with Crippen LogP contribution < -0.4 is 5.32 Å². The molecule has 0 amide bonds. The molecule has 0 aliphatic heterocycles. The molecular weight excluding hydrogens is 426 g/mol. The Kier molecular flexibility index (Phi) is 4.88. The van der Waals surface area contributed by atoms with E-state index in [0.29, 0.717) is 24.5 Å². The first-order chi connectivity index (χ1) is 16.7. The fourth-order valence-corrected chi connectivity index (χ4v) is 4.19. The number of rotatable bonds is 6. The minimum absolute atomic E-state index is 0.0801. The lowest BCUT2D eigenvalue weighted by Crippen LogP contribution is -2.05. The summed E-state index contributed by atoms with van der Waals surface area (Å²) in [7, 11) is 0. The number of hydrogen-bond donors (Lipinski definition) is 2. The van der Waals surface area contributed by atoms with E-state index in [-0.39, 0.29) is 5.78 Å². The number of ketones is 1. The van der Waals surface area contributed by atoms with Crippen LogP contribution in [-0.4, -0.2) is 36.1 Å². The number of H-pyrrole nitrogens is 1. The van der Waals surface area contributed by atoms with Crippen molar-refractivity contribution in [3.63, 3.8) is 0 Å². The van der Waals surface area contributed by atoms with E-state index in [2.05, 4.69) is 36.8 Å². The first-order valence-electron chi connectivity index (χ1n) is 10.9. The van der Waals surface area contributed by atoms with Gasteiger partial charge in [0.2, 0.25) is 0 Å². The molecule has 2 N–H and O–H groups in total. The average Bonchev–Trinajstić information content (AvgIpc) is 3.51. The maximum atomic E-state index is 12.9. The summed E-state index contributed by atoms with van der Waals surface area (Å²) in [6.07, 6.45) is 9.77. The second-order valence-corrected chi connectivity index (χ2v) is 8.11. The van der Waals surface area contributed by atoms with E-state index in [1.54, 1.807) is 24.8 Å². The predicted octanol–water partition coefficient (Wildman–Crippen LogP) is 4.30. The van der Waals surface area contributed by atoms with Gasteiger partial charge < -0.3 is 5.32 Å². The maximum Gasteiger partial charge on any atom is 0.167 e. The molecule has 0 unspecified atom stereocenters. The monoisotopic (exact) mass is 445 g/mol. The van der Waals surface area contributed by atoms with E-state index in [9.17, 15) is 4.79 Å². The SMILES string of the molecule is O=C(Cc1ccnnc1)C1=CCc2cc(-c3nccc(Nc4ccc5[nH]ncc5c4)n3)ccc21. The molecule has 0 saturated heterocycles. The van der Waals surface area contributed by atoms with Gasteiger partial charge in [-0.25, -0.2) is 9.97 Å². The van der Waals surface area contributed by atoms with E-state index in [4.69, 9.17) is 4.98 Å². The highest BCUT2D eigenvalue weighted by Gasteiger charge is 2.21. The Hall–Kier alpha value is -4.72. The minimum atomic E-state index is 0.0801. The summed E-state index contributed by atoms with van der Waals surface area (Å²) in [4.78, 5) is 22.0. The summed E-state index contributed by atoms with van der Waals surface area (Å²) in [6, 6.07) is 15.6. The third-order valence-corrected chi connectivity index (χ3v) is 5.86. The van der Waals surface area contributed by atoms with Crippen molar-refractivity contribution < 1.29 is 4.79 Å². The van der Waals surface area contributed by atoms with Gasteiger partial charge in [0, 0.05) is 41.0 Å². The number of hydrogen-bond acceptors (Lipinski definition) is 7. The molecule has 1 aliphatic carbocycles. The predicted molar refractivity (Wildman–Crippen MR) is 129 cm³/mol. The normalized spacial score (nSPS) is 12.4. The molecule has 3 heterocycles. The summed E-state index contributed by atoms with van der Waals surface area (Å²) >= 11 is 0. The Morgan fingerprint density at radius 3 is 2.88 bits per heavy atom. The quantitative estimate of drug-likeness (QED) is 0.401. The van der Waals surface area contributed by atoms with Crippen LogP contribution in [0.3, 0.4) is 0 Å². The molecule has 8 heteroatoms. The Bertz CT molecular complexity index is 1560. The van der Waals surface area contributed by atoms with Crippen LogP contribution in [-0.2, 0) is 17.6 Å². The number of aromatic nitrogens is 6. The van der Waals surface area contributed by atoms with Crippen LogP contribution in [0.1, 0.15) is 16.7 Å². The third-order valence-electron chi connectivity index (χ3n) is 5.86. The fourth-order valence-electron chi connectivity index (χ4n) is 4.19. The van der Waals surface area contributed by atoms with Crippen LogP contribution in [0, 0.1) is 0 Å². The molecule has 8 nitrogen and oxygen atoms in total. The Balaban J connectivity index is 1.22. The number of anilines is 2. The van der Waals surface area contributed by atoms with Crippen molar-refractivity contribution in [1.82, 2.24) is 30.4 Å². The van der Waals surface area contributed by atoms with E-state index in [1.165, 1.54) is 0 Å². The molecule has 0 atom stereocenters. The van der Waals surface area contributed by atoms with E-state index < -0.39 is 0 Å².